The van der Waals surface area contributed by atoms with Crippen LogP contribution in [0, 0.1) is 0 Å². The normalized spacial score (nSPS) is 16.3. The van der Waals surface area contributed by atoms with Gasteiger partial charge in [0.2, 0.25) is 5.89 Å². The smallest absolute Gasteiger partial charge is 0.409 e. The fourth-order valence-corrected chi connectivity index (χ4v) is 2.71. The number of hydrogen-bond donors (Lipinski definition) is 2. The molecule has 2 rings (SSSR count). The van der Waals surface area contributed by atoms with Crippen molar-refractivity contribution >= 4 is 12.1 Å². The van der Waals surface area contributed by atoms with Crippen LogP contribution < -0.4 is 10.6 Å². The van der Waals surface area contributed by atoms with Gasteiger partial charge in [0, 0.05) is 31.1 Å². The highest BCUT2D eigenvalue weighted by Gasteiger charge is 2.24. The number of piperidine rings is 1. The van der Waals surface area contributed by atoms with Crippen molar-refractivity contribution in [2.45, 2.75) is 65.5 Å². The molecule has 1 aliphatic rings. The van der Waals surface area contributed by atoms with E-state index in [1.807, 2.05) is 34.6 Å². The summed E-state index contributed by atoms with van der Waals surface area (Å²) >= 11 is 0. The molecule has 152 valence electrons. The predicted octanol–water partition coefficient (Wildman–Crippen LogP) is 2.04. The second kappa shape index (κ2) is 9.57. The van der Waals surface area contributed by atoms with Crippen molar-refractivity contribution in [1.82, 2.24) is 25.7 Å². The summed E-state index contributed by atoms with van der Waals surface area (Å²) in [5, 5.41) is 10.7. The number of aliphatic imine (C=N–C) groups is 1. The highest BCUT2D eigenvalue weighted by Crippen LogP contribution is 2.19. The van der Waals surface area contributed by atoms with E-state index in [0.29, 0.717) is 43.9 Å². The summed E-state index contributed by atoms with van der Waals surface area (Å²) in [6.07, 6.45) is 1.46. The molecule has 27 heavy (non-hydrogen) atoms. The van der Waals surface area contributed by atoms with Crippen LogP contribution in [-0.4, -0.2) is 59.4 Å². The molecule has 0 bridgehead atoms. The standard InChI is InChI=1S/C18H32N6O3/c1-6-19-16(20-12-14-22-15(27-23-14)18(3,4)5)21-13-8-10-24(11-9-13)17(25)26-7-2/h13H,6-12H2,1-5H3,(H2,19,20,21). The molecule has 9 nitrogen and oxygen atoms in total. The first kappa shape index (κ1) is 21.0. The summed E-state index contributed by atoms with van der Waals surface area (Å²) in [5.74, 6) is 1.89. The van der Waals surface area contributed by atoms with Gasteiger partial charge < -0.3 is 24.8 Å². The quantitative estimate of drug-likeness (QED) is 0.595. The predicted molar refractivity (Wildman–Crippen MR) is 103 cm³/mol. The van der Waals surface area contributed by atoms with Crippen LogP contribution in [0.25, 0.3) is 0 Å². The Balaban J connectivity index is 1.89. The van der Waals surface area contributed by atoms with E-state index in [-0.39, 0.29) is 17.6 Å². The van der Waals surface area contributed by atoms with Crippen LogP contribution in [0.3, 0.4) is 0 Å². The molecule has 0 aliphatic carbocycles. The number of amides is 1. The SMILES string of the molecule is CCNC(=NCc1noc(C(C)(C)C)n1)NC1CCN(C(=O)OCC)CC1. The number of nitrogens with zero attached hydrogens (tertiary/aromatic N) is 4. The average molecular weight is 380 g/mol. The molecule has 2 heterocycles. The molecule has 2 N–H and O–H groups in total. The van der Waals surface area contributed by atoms with E-state index < -0.39 is 0 Å². The van der Waals surface area contributed by atoms with E-state index in [4.69, 9.17) is 9.26 Å². The Kier molecular flexibility index (Phi) is 7.44. The number of likely N-dealkylation sites (tertiary alicyclic amines) is 1. The van der Waals surface area contributed by atoms with Crippen molar-refractivity contribution in [2.75, 3.05) is 26.2 Å². The number of aromatic nitrogens is 2. The van der Waals surface area contributed by atoms with Crippen molar-refractivity contribution in [1.29, 1.82) is 0 Å². The van der Waals surface area contributed by atoms with Gasteiger partial charge in [0.25, 0.3) is 0 Å². The molecular weight excluding hydrogens is 348 g/mol. The summed E-state index contributed by atoms with van der Waals surface area (Å²) in [6.45, 7) is 12.8. The van der Waals surface area contributed by atoms with E-state index in [0.717, 1.165) is 19.4 Å². The van der Waals surface area contributed by atoms with Gasteiger partial charge in [-0.3, -0.25) is 0 Å². The largest absolute Gasteiger partial charge is 0.450 e. The average Bonchev–Trinajstić information content (AvgIpc) is 3.10. The molecule has 9 heteroatoms. The Bertz CT molecular complexity index is 629. The number of carbonyl (C=O) groups excluding carboxylic acids is 1. The Hall–Kier alpha value is -2.32. The second-order valence-electron chi connectivity index (χ2n) is 7.57. The summed E-state index contributed by atoms with van der Waals surface area (Å²) < 4.78 is 10.4. The molecular formula is C18H32N6O3. The zero-order chi connectivity index (χ0) is 19.9. The monoisotopic (exact) mass is 380 g/mol. The number of nitrogens with one attached hydrogen (secondary N) is 2. The summed E-state index contributed by atoms with van der Waals surface area (Å²) in [5.41, 5.74) is -0.176. The lowest BCUT2D eigenvalue weighted by atomic mass is 9.97. The van der Waals surface area contributed by atoms with Crippen molar-refractivity contribution in [3.05, 3.63) is 11.7 Å². The van der Waals surface area contributed by atoms with Crippen LogP contribution in [0.1, 0.15) is 59.2 Å². The molecule has 1 amide bonds. The fraction of sp³-hybridized carbons (Fsp3) is 0.778. The molecule has 0 saturated carbocycles. The minimum atomic E-state index is -0.233. The maximum Gasteiger partial charge on any atom is 0.409 e. The third kappa shape index (κ3) is 6.41. The summed E-state index contributed by atoms with van der Waals surface area (Å²) in [4.78, 5) is 22.5. The number of carbonyl (C=O) groups is 1. The van der Waals surface area contributed by atoms with E-state index >= 15 is 0 Å². The Morgan fingerprint density at radius 1 is 1.33 bits per heavy atom. The fourth-order valence-electron chi connectivity index (χ4n) is 2.71. The van der Waals surface area contributed by atoms with Gasteiger partial charge in [0.1, 0.15) is 6.54 Å². The zero-order valence-electron chi connectivity index (χ0n) is 17.0. The van der Waals surface area contributed by atoms with Gasteiger partial charge in [0.15, 0.2) is 11.8 Å². The maximum atomic E-state index is 11.8. The first-order chi connectivity index (χ1) is 12.8. The van der Waals surface area contributed by atoms with Gasteiger partial charge in [-0.2, -0.15) is 4.98 Å². The minimum Gasteiger partial charge on any atom is -0.450 e. The lowest BCUT2D eigenvalue weighted by Gasteiger charge is -2.32. The van der Waals surface area contributed by atoms with Crippen LogP contribution in [0.5, 0.6) is 0 Å². The highest BCUT2D eigenvalue weighted by atomic mass is 16.6. The van der Waals surface area contributed by atoms with Crippen LogP contribution in [0.2, 0.25) is 0 Å². The molecule has 1 fully saturated rings. The molecule has 0 atom stereocenters. The van der Waals surface area contributed by atoms with Crippen LogP contribution in [0.4, 0.5) is 4.79 Å². The molecule has 0 unspecified atom stereocenters. The zero-order valence-corrected chi connectivity index (χ0v) is 17.0. The number of rotatable bonds is 5. The maximum absolute atomic E-state index is 11.8. The topological polar surface area (TPSA) is 105 Å². The van der Waals surface area contributed by atoms with Gasteiger partial charge in [-0.05, 0) is 26.7 Å². The Morgan fingerprint density at radius 2 is 2.04 bits per heavy atom. The number of hydrogen-bond acceptors (Lipinski definition) is 6. The Labute approximate surface area is 160 Å². The minimum absolute atomic E-state index is 0.176. The van der Waals surface area contributed by atoms with Crippen molar-refractivity contribution in [3.8, 4) is 0 Å². The molecule has 0 spiro atoms. The van der Waals surface area contributed by atoms with Gasteiger partial charge >= 0.3 is 6.09 Å². The summed E-state index contributed by atoms with van der Waals surface area (Å²) in [7, 11) is 0. The van der Waals surface area contributed by atoms with Gasteiger partial charge in [-0.25, -0.2) is 9.79 Å². The first-order valence-corrected chi connectivity index (χ1v) is 9.63. The van der Waals surface area contributed by atoms with Crippen LogP contribution in [-0.2, 0) is 16.7 Å². The van der Waals surface area contributed by atoms with E-state index in [2.05, 4.69) is 25.8 Å². The third-order valence-corrected chi connectivity index (χ3v) is 4.19. The van der Waals surface area contributed by atoms with Crippen molar-refractivity contribution in [3.63, 3.8) is 0 Å². The lowest BCUT2D eigenvalue weighted by molar-refractivity contribution is 0.0963. The molecule has 0 radical (unpaired) electrons. The van der Waals surface area contributed by atoms with Gasteiger partial charge in [-0.1, -0.05) is 25.9 Å². The highest BCUT2D eigenvalue weighted by molar-refractivity contribution is 5.80. The van der Waals surface area contributed by atoms with Crippen LogP contribution >= 0.6 is 0 Å². The van der Waals surface area contributed by atoms with E-state index in [1.54, 1.807) is 4.90 Å². The first-order valence-electron chi connectivity index (χ1n) is 9.63. The van der Waals surface area contributed by atoms with Crippen LogP contribution in [0.15, 0.2) is 9.52 Å². The molecule has 1 aromatic rings. The summed E-state index contributed by atoms with van der Waals surface area (Å²) in [6, 6.07) is 0.254. The van der Waals surface area contributed by atoms with Crippen molar-refractivity contribution in [2.24, 2.45) is 4.99 Å². The van der Waals surface area contributed by atoms with Gasteiger partial charge in [-0.15, -0.1) is 0 Å². The van der Waals surface area contributed by atoms with E-state index in [9.17, 15) is 4.79 Å². The third-order valence-electron chi connectivity index (χ3n) is 4.19. The van der Waals surface area contributed by atoms with Crippen molar-refractivity contribution < 1.29 is 14.1 Å². The number of guanidine groups is 1. The van der Waals surface area contributed by atoms with E-state index in [1.165, 1.54) is 0 Å². The molecule has 0 aromatic carbocycles. The molecule has 1 saturated heterocycles. The molecule has 1 aliphatic heterocycles. The lowest BCUT2D eigenvalue weighted by Crippen LogP contribution is -2.49. The molecule has 1 aromatic heterocycles. The number of ether oxygens (including phenoxy) is 1. The Morgan fingerprint density at radius 3 is 2.59 bits per heavy atom. The second-order valence-corrected chi connectivity index (χ2v) is 7.57. The van der Waals surface area contributed by atoms with Gasteiger partial charge in [0.05, 0.1) is 6.61 Å².